The maximum Gasteiger partial charge on any atom is 0.342 e. The van der Waals surface area contributed by atoms with Crippen LogP contribution in [0, 0.1) is 0 Å². The van der Waals surface area contributed by atoms with Crippen LogP contribution in [0.1, 0.15) is 24.2 Å². The van der Waals surface area contributed by atoms with Crippen LogP contribution in [0.25, 0.3) is 0 Å². The van der Waals surface area contributed by atoms with Gasteiger partial charge in [0.2, 0.25) is 0 Å². The van der Waals surface area contributed by atoms with Gasteiger partial charge in [-0.2, -0.15) is 0 Å². The smallest absolute Gasteiger partial charge is 0.342 e. The van der Waals surface area contributed by atoms with Crippen LogP contribution in [0.15, 0.2) is 48.5 Å². The second-order valence-corrected chi connectivity index (χ2v) is 5.41. The van der Waals surface area contributed by atoms with E-state index in [2.05, 4.69) is 5.32 Å². The summed E-state index contributed by atoms with van der Waals surface area (Å²) < 4.78 is 10.6. The van der Waals surface area contributed by atoms with E-state index >= 15 is 0 Å². The lowest BCUT2D eigenvalue weighted by molar-refractivity contribution is -0.123. The molecule has 0 aliphatic carbocycles. The van der Waals surface area contributed by atoms with Crippen LogP contribution in [0.3, 0.4) is 0 Å². The maximum absolute atomic E-state index is 12.3. The van der Waals surface area contributed by atoms with Crippen LogP contribution in [0.2, 0.25) is 5.02 Å². The first-order chi connectivity index (χ1) is 11.5. The third kappa shape index (κ3) is 4.73. The number of hydrogen-bond acceptors (Lipinski definition) is 4. The molecule has 2 aromatic rings. The molecule has 24 heavy (non-hydrogen) atoms. The van der Waals surface area contributed by atoms with Gasteiger partial charge in [-0.25, -0.2) is 4.79 Å². The van der Waals surface area contributed by atoms with Crippen molar-refractivity contribution in [3.05, 3.63) is 59.1 Å². The van der Waals surface area contributed by atoms with E-state index in [0.717, 1.165) is 0 Å². The number of hydrogen-bond donors (Lipinski definition) is 1. The van der Waals surface area contributed by atoms with Gasteiger partial charge in [0, 0.05) is 10.7 Å². The Balaban J connectivity index is 2.02. The van der Waals surface area contributed by atoms with Crippen molar-refractivity contribution in [3.63, 3.8) is 0 Å². The zero-order valence-electron chi connectivity index (χ0n) is 13.4. The quantitative estimate of drug-likeness (QED) is 0.804. The second-order valence-electron chi connectivity index (χ2n) is 4.98. The van der Waals surface area contributed by atoms with Crippen molar-refractivity contribution in [1.29, 1.82) is 0 Å². The SMILES string of the molecule is CCOc1ccccc1C(=O)O[C@H](C)C(=O)Nc1cccc(Cl)c1. The minimum Gasteiger partial charge on any atom is -0.493 e. The maximum atomic E-state index is 12.3. The average Bonchev–Trinajstić information content (AvgIpc) is 2.55. The Morgan fingerprint density at radius 2 is 1.92 bits per heavy atom. The molecule has 6 heteroatoms. The van der Waals surface area contributed by atoms with Crippen LogP contribution in [-0.4, -0.2) is 24.6 Å². The van der Waals surface area contributed by atoms with Gasteiger partial charge in [-0.05, 0) is 44.2 Å². The summed E-state index contributed by atoms with van der Waals surface area (Å²) >= 11 is 5.87. The number of para-hydroxylation sites is 1. The van der Waals surface area contributed by atoms with Crippen molar-refractivity contribution < 1.29 is 19.1 Å². The normalized spacial score (nSPS) is 11.5. The largest absolute Gasteiger partial charge is 0.493 e. The Morgan fingerprint density at radius 1 is 1.17 bits per heavy atom. The molecule has 0 saturated carbocycles. The van der Waals surface area contributed by atoms with E-state index in [4.69, 9.17) is 21.1 Å². The highest BCUT2D eigenvalue weighted by Gasteiger charge is 2.21. The monoisotopic (exact) mass is 347 g/mol. The highest BCUT2D eigenvalue weighted by Crippen LogP contribution is 2.20. The van der Waals surface area contributed by atoms with E-state index in [1.807, 2.05) is 6.92 Å². The molecule has 0 heterocycles. The number of carbonyl (C=O) groups excluding carboxylic acids is 2. The molecular formula is C18H18ClNO4. The van der Waals surface area contributed by atoms with Crippen molar-refractivity contribution in [2.24, 2.45) is 0 Å². The summed E-state index contributed by atoms with van der Waals surface area (Å²) in [5.74, 6) is -0.639. The number of rotatable bonds is 6. The van der Waals surface area contributed by atoms with Crippen molar-refractivity contribution in [2.45, 2.75) is 20.0 Å². The van der Waals surface area contributed by atoms with Crippen LogP contribution in [0.5, 0.6) is 5.75 Å². The lowest BCUT2D eigenvalue weighted by Gasteiger charge is -2.15. The summed E-state index contributed by atoms with van der Waals surface area (Å²) in [6, 6.07) is 13.5. The van der Waals surface area contributed by atoms with Crippen LogP contribution in [-0.2, 0) is 9.53 Å². The lowest BCUT2D eigenvalue weighted by atomic mass is 10.2. The standard InChI is InChI=1S/C18H18ClNO4/c1-3-23-16-10-5-4-9-15(16)18(22)24-12(2)17(21)20-14-8-6-7-13(19)11-14/h4-12H,3H2,1-2H3,(H,20,21)/t12-/m1/s1. The predicted molar refractivity (Wildman–Crippen MR) is 92.6 cm³/mol. The first-order valence-electron chi connectivity index (χ1n) is 7.50. The predicted octanol–water partition coefficient (Wildman–Crippen LogP) is 3.92. The zero-order chi connectivity index (χ0) is 17.5. The highest BCUT2D eigenvalue weighted by atomic mass is 35.5. The van der Waals surface area contributed by atoms with Crippen LogP contribution in [0.4, 0.5) is 5.69 Å². The molecule has 0 aliphatic heterocycles. The van der Waals surface area contributed by atoms with Gasteiger partial charge in [-0.3, -0.25) is 4.79 Å². The molecule has 0 bridgehead atoms. The molecule has 0 fully saturated rings. The molecule has 1 amide bonds. The minimum atomic E-state index is -0.967. The fourth-order valence-corrected chi connectivity index (χ4v) is 2.19. The summed E-state index contributed by atoms with van der Waals surface area (Å²) in [7, 11) is 0. The first-order valence-corrected chi connectivity index (χ1v) is 7.88. The molecule has 2 rings (SSSR count). The molecule has 0 unspecified atom stereocenters. The summed E-state index contributed by atoms with van der Waals surface area (Å²) in [5.41, 5.74) is 0.812. The Bertz CT molecular complexity index is 732. The van der Waals surface area contributed by atoms with Crippen LogP contribution < -0.4 is 10.1 Å². The number of carbonyl (C=O) groups is 2. The van der Waals surface area contributed by atoms with E-state index in [9.17, 15) is 9.59 Å². The van der Waals surface area contributed by atoms with Gasteiger partial charge in [0.15, 0.2) is 6.10 Å². The van der Waals surface area contributed by atoms with Gasteiger partial charge in [0.25, 0.3) is 5.91 Å². The molecule has 0 radical (unpaired) electrons. The molecule has 5 nitrogen and oxygen atoms in total. The van der Waals surface area contributed by atoms with Crippen LogP contribution >= 0.6 is 11.6 Å². The molecule has 1 atom stereocenters. The third-order valence-corrected chi connectivity index (χ3v) is 3.39. The fourth-order valence-electron chi connectivity index (χ4n) is 2.00. The first kappa shape index (κ1) is 17.8. The van der Waals surface area contributed by atoms with Crippen molar-refractivity contribution in [2.75, 3.05) is 11.9 Å². The molecular weight excluding hydrogens is 330 g/mol. The van der Waals surface area contributed by atoms with E-state index in [0.29, 0.717) is 23.1 Å². The summed E-state index contributed by atoms with van der Waals surface area (Å²) in [4.78, 5) is 24.4. The lowest BCUT2D eigenvalue weighted by Crippen LogP contribution is -2.30. The van der Waals surface area contributed by atoms with E-state index < -0.39 is 18.0 Å². The molecule has 1 N–H and O–H groups in total. The van der Waals surface area contributed by atoms with Gasteiger partial charge >= 0.3 is 5.97 Å². The number of amides is 1. The molecule has 0 aromatic heterocycles. The molecule has 0 aliphatic rings. The summed E-state index contributed by atoms with van der Waals surface area (Å²) in [5, 5.41) is 3.15. The number of halogens is 1. The van der Waals surface area contributed by atoms with Gasteiger partial charge in [-0.15, -0.1) is 0 Å². The number of benzene rings is 2. The van der Waals surface area contributed by atoms with E-state index in [1.54, 1.807) is 48.5 Å². The Labute approximate surface area is 145 Å². The number of nitrogens with one attached hydrogen (secondary N) is 1. The van der Waals surface area contributed by atoms with Gasteiger partial charge in [0.05, 0.1) is 6.61 Å². The number of ether oxygens (including phenoxy) is 2. The topological polar surface area (TPSA) is 64.6 Å². The number of esters is 1. The van der Waals surface area contributed by atoms with E-state index in [1.165, 1.54) is 6.92 Å². The molecule has 0 spiro atoms. The van der Waals surface area contributed by atoms with Crippen molar-refractivity contribution in [3.8, 4) is 5.75 Å². The molecule has 0 saturated heterocycles. The summed E-state index contributed by atoms with van der Waals surface area (Å²) in [6.07, 6.45) is -0.967. The zero-order valence-corrected chi connectivity index (χ0v) is 14.2. The van der Waals surface area contributed by atoms with Crippen molar-refractivity contribution in [1.82, 2.24) is 0 Å². The Morgan fingerprint density at radius 3 is 2.62 bits per heavy atom. The second kappa shape index (κ2) is 8.36. The van der Waals surface area contributed by atoms with E-state index in [-0.39, 0.29) is 5.56 Å². The Hall–Kier alpha value is -2.53. The Kier molecular flexibility index (Phi) is 6.21. The molecule has 126 valence electrons. The molecule has 2 aromatic carbocycles. The van der Waals surface area contributed by atoms with Gasteiger partial charge in [-0.1, -0.05) is 29.8 Å². The fraction of sp³-hybridized carbons (Fsp3) is 0.222. The van der Waals surface area contributed by atoms with Gasteiger partial charge < -0.3 is 14.8 Å². The highest BCUT2D eigenvalue weighted by molar-refractivity contribution is 6.30. The summed E-state index contributed by atoms with van der Waals surface area (Å²) in [6.45, 7) is 3.75. The van der Waals surface area contributed by atoms with Crippen molar-refractivity contribution >= 4 is 29.2 Å². The minimum absolute atomic E-state index is 0.279. The van der Waals surface area contributed by atoms with Gasteiger partial charge in [0.1, 0.15) is 11.3 Å². The third-order valence-electron chi connectivity index (χ3n) is 3.15. The average molecular weight is 348 g/mol. The number of anilines is 1.